The second kappa shape index (κ2) is 7.24. The van der Waals surface area contributed by atoms with E-state index < -0.39 is 0 Å². The third-order valence-corrected chi connectivity index (χ3v) is 3.69. The van der Waals surface area contributed by atoms with Gasteiger partial charge in [-0.2, -0.15) is 0 Å². The third-order valence-electron chi connectivity index (χ3n) is 3.69. The SMILES string of the molecule is CCNC1CCCCC(C(C)COC)C1. The quantitative estimate of drug-likeness (QED) is 0.709. The van der Waals surface area contributed by atoms with E-state index in [4.69, 9.17) is 4.74 Å². The number of nitrogens with one attached hydrogen (secondary N) is 1. The summed E-state index contributed by atoms with van der Waals surface area (Å²) in [6, 6.07) is 0.752. The van der Waals surface area contributed by atoms with Crippen molar-refractivity contribution in [2.45, 2.75) is 52.0 Å². The predicted molar refractivity (Wildman–Crippen MR) is 65.1 cm³/mol. The Morgan fingerprint density at radius 2 is 2.07 bits per heavy atom. The van der Waals surface area contributed by atoms with Gasteiger partial charge >= 0.3 is 0 Å². The van der Waals surface area contributed by atoms with Crippen molar-refractivity contribution in [2.75, 3.05) is 20.3 Å². The molecular formula is C13H27NO. The van der Waals surface area contributed by atoms with E-state index >= 15 is 0 Å². The normalized spacial score (nSPS) is 29.8. The van der Waals surface area contributed by atoms with Gasteiger partial charge in [0.2, 0.25) is 0 Å². The van der Waals surface area contributed by atoms with E-state index in [1.807, 2.05) is 7.11 Å². The van der Waals surface area contributed by atoms with Gasteiger partial charge in [0.25, 0.3) is 0 Å². The van der Waals surface area contributed by atoms with E-state index in [-0.39, 0.29) is 0 Å². The molecule has 1 N–H and O–H groups in total. The molecule has 0 radical (unpaired) electrons. The lowest BCUT2D eigenvalue weighted by molar-refractivity contribution is 0.120. The second-order valence-corrected chi connectivity index (χ2v) is 4.97. The van der Waals surface area contributed by atoms with Crippen molar-refractivity contribution in [3.05, 3.63) is 0 Å². The second-order valence-electron chi connectivity index (χ2n) is 4.97. The predicted octanol–water partition coefficient (Wildman–Crippen LogP) is 2.83. The maximum atomic E-state index is 5.27. The molecule has 0 spiro atoms. The summed E-state index contributed by atoms with van der Waals surface area (Å²) in [4.78, 5) is 0. The molecule has 0 aliphatic heterocycles. The lowest BCUT2D eigenvalue weighted by atomic mass is 9.87. The zero-order valence-corrected chi connectivity index (χ0v) is 10.6. The first kappa shape index (κ1) is 13.0. The smallest absolute Gasteiger partial charge is 0.0490 e. The molecule has 0 aromatic rings. The molecule has 1 fully saturated rings. The largest absolute Gasteiger partial charge is 0.384 e. The van der Waals surface area contributed by atoms with Crippen LogP contribution >= 0.6 is 0 Å². The lowest BCUT2D eigenvalue weighted by Gasteiger charge is -2.25. The average Bonchev–Trinajstić information content (AvgIpc) is 2.44. The van der Waals surface area contributed by atoms with Crippen molar-refractivity contribution >= 4 is 0 Å². The summed E-state index contributed by atoms with van der Waals surface area (Å²) in [6.07, 6.45) is 6.91. The Hall–Kier alpha value is -0.0800. The van der Waals surface area contributed by atoms with Crippen LogP contribution in [0.2, 0.25) is 0 Å². The van der Waals surface area contributed by atoms with Gasteiger partial charge in [-0.05, 0) is 31.2 Å². The Balaban J connectivity index is 2.41. The Kier molecular flexibility index (Phi) is 6.26. The minimum absolute atomic E-state index is 0.717. The van der Waals surface area contributed by atoms with Gasteiger partial charge in [0.1, 0.15) is 0 Å². The van der Waals surface area contributed by atoms with Gasteiger partial charge in [0.05, 0.1) is 0 Å². The monoisotopic (exact) mass is 213 g/mol. The maximum Gasteiger partial charge on any atom is 0.0490 e. The van der Waals surface area contributed by atoms with Crippen LogP contribution in [0.4, 0.5) is 0 Å². The number of ether oxygens (including phenoxy) is 1. The van der Waals surface area contributed by atoms with E-state index in [9.17, 15) is 0 Å². The van der Waals surface area contributed by atoms with Gasteiger partial charge in [-0.25, -0.2) is 0 Å². The van der Waals surface area contributed by atoms with Crippen molar-refractivity contribution < 1.29 is 4.74 Å². The van der Waals surface area contributed by atoms with Crippen LogP contribution in [0.25, 0.3) is 0 Å². The minimum Gasteiger partial charge on any atom is -0.384 e. The highest BCUT2D eigenvalue weighted by atomic mass is 16.5. The fraction of sp³-hybridized carbons (Fsp3) is 1.00. The first-order valence-corrected chi connectivity index (χ1v) is 6.50. The van der Waals surface area contributed by atoms with Gasteiger partial charge in [0, 0.05) is 19.8 Å². The van der Waals surface area contributed by atoms with Gasteiger partial charge in [-0.15, -0.1) is 0 Å². The topological polar surface area (TPSA) is 21.3 Å². The molecule has 0 saturated heterocycles. The summed E-state index contributed by atoms with van der Waals surface area (Å²) in [6.45, 7) is 6.57. The fourth-order valence-electron chi connectivity index (χ4n) is 2.79. The average molecular weight is 213 g/mol. The summed E-state index contributed by atoms with van der Waals surface area (Å²) < 4.78 is 5.27. The fourth-order valence-corrected chi connectivity index (χ4v) is 2.79. The van der Waals surface area contributed by atoms with Crippen LogP contribution < -0.4 is 5.32 Å². The molecular weight excluding hydrogens is 186 g/mol. The standard InChI is InChI=1S/C13H27NO/c1-4-14-13-8-6-5-7-12(9-13)11(2)10-15-3/h11-14H,4-10H2,1-3H3. The van der Waals surface area contributed by atoms with E-state index in [1.165, 1.54) is 32.1 Å². The van der Waals surface area contributed by atoms with Gasteiger partial charge in [-0.1, -0.05) is 33.1 Å². The molecule has 0 aromatic heterocycles. The van der Waals surface area contributed by atoms with Crippen LogP contribution in [-0.2, 0) is 4.74 Å². The van der Waals surface area contributed by atoms with E-state index in [0.717, 1.165) is 25.1 Å². The molecule has 1 aliphatic carbocycles. The molecule has 0 amide bonds. The molecule has 0 heterocycles. The summed E-state index contributed by atoms with van der Waals surface area (Å²) in [5.41, 5.74) is 0. The van der Waals surface area contributed by atoms with Crippen molar-refractivity contribution in [1.29, 1.82) is 0 Å². The molecule has 3 unspecified atom stereocenters. The molecule has 1 rings (SSSR count). The van der Waals surface area contributed by atoms with E-state index in [1.54, 1.807) is 0 Å². The highest BCUT2D eigenvalue weighted by Gasteiger charge is 2.23. The van der Waals surface area contributed by atoms with Gasteiger partial charge < -0.3 is 10.1 Å². The molecule has 2 heteroatoms. The van der Waals surface area contributed by atoms with Crippen LogP contribution in [-0.4, -0.2) is 26.3 Å². The Morgan fingerprint density at radius 1 is 1.33 bits per heavy atom. The number of hydrogen-bond donors (Lipinski definition) is 1. The summed E-state index contributed by atoms with van der Waals surface area (Å²) in [5, 5.41) is 3.61. The summed E-state index contributed by atoms with van der Waals surface area (Å²) in [5.74, 6) is 1.57. The van der Waals surface area contributed by atoms with Crippen LogP contribution in [0.15, 0.2) is 0 Å². The zero-order chi connectivity index (χ0) is 11.1. The number of hydrogen-bond acceptors (Lipinski definition) is 2. The van der Waals surface area contributed by atoms with Crippen LogP contribution in [0.3, 0.4) is 0 Å². The summed E-state index contributed by atoms with van der Waals surface area (Å²) in [7, 11) is 1.81. The third kappa shape index (κ3) is 4.52. The molecule has 90 valence electrons. The molecule has 0 bridgehead atoms. The van der Waals surface area contributed by atoms with Crippen molar-refractivity contribution in [2.24, 2.45) is 11.8 Å². The molecule has 0 aromatic carbocycles. The number of methoxy groups -OCH3 is 1. The van der Waals surface area contributed by atoms with Crippen molar-refractivity contribution in [3.63, 3.8) is 0 Å². The minimum atomic E-state index is 0.717. The maximum absolute atomic E-state index is 5.27. The Labute approximate surface area is 94.8 Å². The first-order valence-electron chi connectivity index (χ1n) is 6.50. The molecule has 2 nitrogen and oxygen atoms in total. The molecule has 3 atom stereocenters. The van der Waals surface area contributed by atoms with Crippen LogP contribution in [0, 0.1) is 11.8 Å². The van der Waals surface area contributed by atoms with Crippen LogP contribution in [0.5, 0.6) is 0 Å². The Bertz CT molecular complexity index is 161. The van der Waals surface area contributed by atoms with Gasteiger partial charge in [0.15, 0.2) is 0 Å². The van der Waals surface area contributed by atoms with Crippen LogP contribution in [0.1, 0.15) is 46.0 Å². The van der Waals surface area contributed by atoms with Crippen molar-refractivity contribution in [3.8, 4) is 0 Å². The van der Waals surface area contributed by atoms with E-state index in [2.05, 4.69) is 19.2 Å². The highest BCUT2D eigenvalue weighted by Crippen LogP contribution is 2.29. The van der Waals surface area contributed by atoms with Gasteiger partial charge in [-0.3, -0.25) is 0 Å². The Morgan fingerprint density at radius 3 is 2.73 bits per heavy atom. The molecule has 1 aliphatic rings. The van der Waals surface area contributed by atoms with Crippen molar-refractivity contribution in [1.82, 2.24) is 5.32 Å². The lowest BCUT2D eigenvalue weighted by Crippen LogP contribution is -2.31. The zero-order valence-electron chi connectivity index (χ0n) is 10.6. The molecule has 1 saturated carbocycles. The number of rotatable bonds is 5. The van der Waals surface area contributed by atoms with E-state index in [0.29, 0.717) is 5.92 Å². The molecule has 15 heavy (non-hydrogen) atoms. The highest BCUT2D eigenvalue weighted by molar-refractivity contribution is 4.78. The first-order chi connectivity index (χ1) is 7.27. The summed E-state index contributed by atoms with van der Waals surface area (Å²) >= 11 is 0.